The number of thioether (sulfide) groups is 1. The summed E-state index contributed by atoms with van der Waals surface area (Å²) in [5.41, 5.74) is 0.175. The third-order valence-electron chi connectivity index (χ3n) is 7.14. The van der Waals surface area contributed by atoms with E-state index in [-0.39, 0.29) is 17.2 Å². The van der Waals surface area contributed by atoms with Crippen molar-refractivity contribution in [1.82, 2.24) is 9.80 Å². The summed E-state index contributed by atoms with van der Waals surface area (Å²) in [6.07, 6.45) is 6.51. The number of hydrogen-bond donors (Lipinski definition) is 0. The highest BCUT2D eigenvalue weighted by molar-refractivity contribution is 8.00. The predicted octanol–water partition coefficient (Wildman–Crippen LogP) is 3.19. The van der Waals surface area contributed by atoms with Crippen molar-refractivity contribution in [3.63, 3.8) is 0 Å². The molecule has 6 nitrogen and oxygen atoms in total. The Morgan fingerprint density at radius 3 is 2.47 bits per heavy atom. The molecule has 4 aliphatic rings. The minimum atomic E-state index is 0.175. The molecule has 1 aromatic rings. The first-order valence-corrected chi connectivity index (χ1v) is 12.2. The van der Waals surface area contributed by atoms with E-state index in [2.05, 4.69) is 4.90 Å². The number of ether oxygens (including phenoxy) is 2. The van der Waals surface area contributed by atoms with Crippen molar-refractivity contribution in [2.75, 3.05) is 45.1 Å². The van der Waals surface area contributed by atoms with Crippen LogP contribution in [0.5, 0.6) is 11.5 Å². The number of likely N-dealkylation sites (tertiary alicyclic amines) is 2. The molecule has 3 heterocycles. The van der Waals surface area contributed by atoms with Crippen molar-refractivity contribution >= 4 is 23.6 Å². The van der Waals surface area contributed by atoms with Crippen molar-refractivity contribution in [3.05, 3.63) is 18.2 Å². The van der Waals surface area contributed by atoms with E-state index in [4.69, 9.17) is 9.47 Å². The van der Waals surface area contributed by atoms with Crippen LogP contribution < -0.4 is 9.47 Å². The van der Waals surface area contributed by atoms with Gasteiger partial charge < -0.3 is 19.3 Å². The van der Waals surface area contributed by atoms with Gasteiger partial charge in [-0.05, 0) is 62.1 Å². The van der Waals surface area contributed by atoms with Gasteiger partial charge in [-0.15, -0.1) is 11.8 Å². The Labute approximate surface area is 182 Å². The highest BCUT2D eigenvalue weighted by Crippen LogP contribution is 2.60. The third kappa shape index (κ3) is 4.01. The van der Waals surface area contributed by atoms with Crippen LogP contribution in [0.25, 0.3) is 0 Å². The predicted molar refractivity (Wildman–Crippen MR) is 115 cm³/mol. The molecule has 0 unspecified atom stereocenters. The summed E-state index contributed by atoms with van der Waals surface area (Å²) in [4.78, 5) is 30.7. The molecule has 0 aromatic heterocycles. The molecule has 0 bridgehead atoms. The second-order valence-electron chi connectivity index (χ2n) is 8.98. The highest BCUT2D eigenvalue weighted by atomic mass is 32.2. The first-order valence-electron chi connectivity index (χ1n) is 11.2. The van der Waals surface area contributed by atoms with Gasteiger partial charge in [-0.3, -0.25) is 9.59 Å². The van der Waals surface area contributed by atoms with Crippen molar-refractivity contribution in [1.29, 1.82) is 0 Å². The van der Waals surface area contributed by atoms with Crippen LogP contribution in [-0.2, 0) is 9.59 Å². The van der Waals surface area contributed by atoms with E-state index in [0.29, 0.717) is 24.9 Å². The van der Waals surface area contributed by atoms with Crippen LogP contribution in [0.4, 0.5) is 0 Å². The van der Waals surface area contributed by atoms with Gasteiger partial charge in [0, 0.05) is 37.0 Å². The number of benzene rings is 1. The van der Waals surface area contributed by atoms with Gasteiger partial charge in [0.25, 0.3) is 0 Å². The van der Waals surface area contributed by atoms with Crippen molar-refractivity contribution in [2.45, 2.75) is 43.4 Å². The van der Waals surface area contributed by atoms with E-state index in [1.54, 1.807) is 11.8 Å². The molecule has 2 saturated heterocycles. The van der Waals surface area contributed by atoms with Gasteiger partial charge in [0.15, 0.2) is 11.5 Å². The molecule has 1 spiro atoms. The Balaban J connectivity index is 1.09. The maximum Gasteiger partial charge on any atom is 0.232 e. The molecule has 1 aliphatic carbocycles. The molecule has 5 rings (SSSR count). The zero-order valence-electron chi connectivity index (χ0n) is 17.4. The van der Waals surface area contributed by atoms with Crippen molar-refractivity contribution in [3.8, 4) is 11.5 Å². The summed E-state index contributed by atoms with van der Waals surface area (Å²) in [5.74, 6) is 2.74. The summed E-state index contributed by atoms with van der Waals surface area (Å²) in [6.45, 7) is 4.59. The molecule has 1 saturated carbocycles. The van der Waals surface area contributed by atoms with E-state index in [9.17, 15) is 9.59 Å². The summed E-state index contributed by atoms with van der Waals surface area (Å²) >= 11 is 1.55. The Bertz CT molecular complexity index is 815. The number of carbonyl (C=O) groups excluding carboxylic acids is 2. The molecular weight excluding hydrogens is 400 g/mol. The fourth-order valence-corrected chi connectivity index (χ4v) is 5.96. The van der Waals surface area contributed by atoms with E-state index in [1.807, 2.05) is 23.1 Å². The van der Waals surface area contributed by atoms with Gasteiger partial charge in [-0.1, -0.05) is 0 Å². The molecule has 3 fully saturated rings. The lowest BCUT2D eigenvalue weighted by molar-refractivity contribution is -0.134. The number of rotatable bonds is 4. The lowest BCUT2D eigenvalue weighted by Gasteiger charge is -2.34. The fourth-order valence-electron chi connectivity index (χ4n) is 5.14. The van der Waals surface area contributed by atoms with Crippen LogP contribution in [-0.4, -0.2) is 66.8 Å². The second-order valence-corrected chi connectivity index (χ2v) is 10.0. The number of piperidine rings is 2. The maximum atomic E-state index is 12.8. The summed E-state index contributed by atoms with van der Waals surface area (Å²) < 4.78 is 11.2. The molecule has 30 heavy (non-hydrogen) atoms. The Morgan fingerprint density at radius 2 is 1.70 bits per heavy atom. The first kappa shape index (κ1) is 20.0. The minimum absolute atomic E-state index is 0.175. The quantitative estimate of drug-likeness (QED) is 0.687. The monoisotopic (exact) mass is 430 g/mol. The molecule has 1 aromatic carbocycles. The van der Waals surface area contributed by atoms with Crippen molar-refractivity contribution < 1.29 is 19.1 Å². The normalized spacial score (nSPS) is 24.6. The first-order chi connectivity index (χ1) is 14.6. The highest BCUT2D eigenvalue weighted by Gasteiger charge is 2.59. The topological polar surface area (TPSA) is 59.1 Å². The Morgan fingerprint density at radius 1 is 0.967 bits per heavy atom. The van der Waals surface area contributed by atoms with Gasteiger partial charge in [-0.25, -0.2) is 0 Å². The van der Waals surface area contributed by atoms with Gasteiger partial charge in [-0.2, -0.15) is 0 Å². The fraction of sp³-hybridized carbons (Fsp3) is 0.652. The Kier molecular flexibility index (Phi) is 5.56. The summed E-state index contributed by atoms with van der Waals surface area (Å²) in [7, 11) is 0. The average Bonchev–Trinajstić information content (AvgIpc) is 3.50. The van der Waals surface area contributed by atoms with Crippen LogP contribution in [0.2, 0.25) is 0 Å². The van der Waals surface area contributed by atoms with Gasteiger partial charge in [0.05, 0.1) is 5.75 Å². The third-order valence-corrected chi connectivity index (χ3v) is 8.12. The smallest absolute Gasteiger partial charge is 0.232 e. The van der Waals surface area contributed by atoms with E-state index in [0.717, 1.165) is 74.7 Å². The standard InChI is InChI=1S/C23H30N2O4S/c26-21(16-30-17-4-5-19-20(14-17)29-13-12-28-19)24-10-6-23(7-11-24)15-18(23)22(27)25-8-2-1-3-9-25/h4-5,14,18H,1-3,6-13,15-16H2/t18-/m0/s1. The minimum Gasteiger partial charge on any atom is -0.486 e. The summed E-state index contributed by atoms with van der Waals surface area (Å²) in [6, 6.07) is 5.86. The van der Waals surface area contributed by atoms with Crippen LogP contribution in [0.3, 0.4) is 0 Å². The SMILES string of the molecule is O=C(CSc1ccc2c(c1)OCCO2)N1CCC2(CC1)C[C@H]2C(=O)N1CCCCC1. The maximum absolute atomic E-state index is 12.8. The number of hydrogen-bond acceptors (Lipinski definition) is 5. The van der Waals surface area contributed by atoms with E-state index >= 15 is 0 Å². The number of nitrogens with zero attached hydrogens (tertiary/aromatic N) is 2. The molecule has 7 heteroatoms. The van der Waals surface area contributed by atoms with Gasteiger partial charge in [0.2, 0.25) is 11.8 Å². The molecule has 2 amide bonds. The van der Waals surface area contributed by atoms with Crippen molar-refractivity contribution in [2.24, 2.45) is 11.3 Å². The molecular formula is C23H30N2O4S. The van der Waals surface area contributed by atoms with E-state index < -0.39 is 0 Å². The zero-order valence-corrected chi connectivity index (χ0v) is 18.3. The largest absolute Gasteiger partial charge is 0.486 e. The molecule has 1 atom stereocenters. The molecule has 3 aliphatic heterocycles. The summed E-state index contributed by atoms with van der Waals surface area (Å²) in [5, 5.41) is 0. The zero-order chi connectivity index (χ0) is 20.6. The molecule has 162 valence electrons. The van der Waals surface area contributed by atoms with Crippen LogP contribution >= 0.6 is 11.8 Å². The van der Waals surface area contributed by atoms with Crippen LogP contribution in [0.15, 0.2) is 23.1 Å². The number of carbonyl (C=O) groups is 2. The second kappa shape index (κ2) is 8.33. The molecule has 0 radical (unpaired) electrons. The van der Waals surface area contributed by atoms with Gasteiger partial charge >= 0.3 is 0 Å². The van der Waals surface area contributed by atoms with Crippen LogP contribution in [0, 0.1) is 11.3 Å². The Hall–Kier alpha value is -1.89. The number of fused-ring (bicyclic) bond motifs is 1. The lowest BCUT2D eigenvalue weighted by atomic mass is 9.90. The molecule has 0 N–H and O–H groups in total. The van der Waals surface area contributed by atoms with Crippen LogP contribution in [0.1, 0.15) is 38.5 Å². The lowest BCUT2D eigenvalue weighted by Crippen LogP contribution is -2.42. The number of amides is 2. The van der Waals surface area contributed by atoms with E-state index in [1.165, 1.54) is 6.42 Å². The average molecular weight is 431 g/mol. The van der Waals surface area contributed by atoms with Gasteiger partial charge in [0.1, 0.15) is 13.2 Å².